The molecule has 1 aliphatic rings. The molecule has 0 saturated carbocycles. The van der Waals surface area contributed by atoms with Crippen LogP contribution in [0.4, 0.5) is 20.2 Å². The Labute approximate surface area is 295 Å². The van der Waals surface area contributed by atoms with Gasteiger partial charge in [0.05, 0.1) is 6.54 Å². The molecular weight excluding hydrogens is 657 g/mol. The highest BCUT2D eigenvalue weighted by Gasteiger charge is 2.37. The minimum absolute atomic E-state index is 0.0399. The Morgan fingerprint density at radius 3 is 2.17 bits per heavy atom. The molecule has 1 saturated heterocycles. The molecule has 2 atom stereocenters. The Morgan fingerprint density at radius 2 is 1.56 bits per heavy atom. The van der Waals surface area contributed by atoms with Crippen LogP contribution in [0, 0.1) is 12.8 Å². The van der Waals surface area contributed by atoms with Gasteiger partial charge in [0.1, 0.15) is 22.6 Å². The number of carbonyl (C=O) groups is 3. The number of hydrogen-bond donors (Lipinski definition) is 2. The number of aryl methyl sites for hydroxylation is 1. The molecule has 13 heteroatoms. The molecule has 1 aromatic carbocycles. The summed E-state index contributed by atoms with van der Waals surface area (Å²) in [7, 11) is 0. The number of hydrogen-bond acceptors (Lipinski definition) is 8. The van der Waals surface area contributed by atoms with Gasteiger partial charge in [0.15, 0.2) is 0 Å². The first kappa shape index (κ1) is 39.2. The molecule has 1 fully saturated rings. The molecule has 3 amide bonds. The standard InChI is InChI=1S/C35H51Cl2N5O6/c1-22-15-26(39-29(16-22)40-30(43)46-33(2,3)4)17-24-20-42(32(45)48-35(8,9)10)21-28(24)38-13-14-41(31(44)47-34(5,6)7)19-23-11-12-25(36)18-27(23)37/h11-12,15-16,18,24,28,38H,13-14,17,19-21H2,1-10H3,(H,39,40,43)/t24-,28+/m0/s1. The summed E-state index contributed by atoms with van der Waals surface area (Å²) in [4.78, 5) is 46.8. The number of ether oxygens (including phenoxy) is 3. The second-order valence-corrected chi connectivity index (χ2v) is 16.0. The lowest BCUT2D eigenvalue weighted by Crippen LogP contribution is -2.44. The Hall–Kier alpha value is -3.28. The second-order valence-electron chi connectivity index (χ2n) is 15.2. The third-order valence-electron chi connectivity index (χ3n) is 7.03. The Kier molecular flexibility index (Phi) is 13.0. The van der Waals surface area contributed by atoms with E-state index in [0.717, 1.165) is 16.8 Å². The summed E-state index contributed by atoms with van der Waals surface area (Å²) in [5.74, 6) is 0.349. The number of carbonyl (C=O) groups excluding carboxylic acids is 3. The maximum absolute atomic E-state index is 13.3. The molecule has 0 unspecified atom stereocenters. The van der Waals surface area contributed by atoms with Crippen molar-refractivity contribution < 1.29 is 28.6 Å². The molecule has 0 radical (unpaired) electrons. The molecule has 0 aliphatic carbocycles. The molecule has 48 heavy (non-hydrogen) atoms. The third kappa shape index (κ3) is 13.3. The summed E-state index contributed by atoms with van der Waals surface area (Å²) < 4.78 is 16.8. The predicted molar refractivity (Wildman–Crippen MR) is 189 cm³/mol. The largest absolute Gasteiger partial charge is 0.444 e. The highest BCUT2D eigenvalue weighted by molar-refractivity contribution is 6.35. The van der Waals surface area contributed by atoms with Crippen molar-refractivity contribution in [1.29, 1.82) is 0 Å². The van der Waals surface area contributed by atoms with Gasteiger partial charge in [-0.3, -0.25) is 5.32 Å². The topological polar surface area (TPSA) is 122 Å². The predicted octanol–water partition coefficient (Wildman–Crippen LogP) is 7.85. The van der Waals surface area contributed by atoms with E-state index in [9.17, 15) is 14.4 Å². The molecule has 1 aromatic heterocycles. The fourth-order valence-electron chi connectivity index (χ4n) is 5.17. The van der Waals surface area contributed by atoms with E-state index in [1.165, 1.54) is 0 Å². The van der Waals surface area contributed by atoms with E-state index < -0.39 is 35.1 Å². The van der Waals surface area contributed by atoms with Crippen molar-refractivity contribution in [3.05, 3.63) is 57.2 Å². The number of amides is 3. The summed E-state index contributed by atoms with van der Waals surface area (Å²) in [6.07, 6.45) is -0.924. The highest BCUT2D eigenvalue weighted by atomic mass is 35.5. The van der Waals surface area contributed by atoms with E-state index in [0.29, 0.717) is 48.5 Å². The average molecular weight is 709 g/mol. The Bertz CT molecular complexity index is 1450. The van der Waals surface area contributed by atoms with Gasteiger partial charge in [-0.05, 0) is 117 Å². The zero-order chi connectivity index (χ0) is 36.0. The van der Waals surface area contributed by atoms with E-state index in [4.69, 9.17) is 42.4 Å². The highest BCUT2D eigenvalue weighted by Crippen LogP contribution is 2.26. The fourth-order valence-corrected chi connectivity index (χ4v) is 5.64. The van der Waals surface area contributed by atoms with Crippen molar-refractivity contribution in [2.45, 2.75) is 105 Å². The first-order valence-corrected chi connectivity index (χ1v) is 16.9. The maximum Gasteiger partial charge on any atom is 0.413 e. The summed E-state index contributed by atoms with van der Waals surface area (Å²) in [5.41, 5.74) is 0.445. The van der Waals surface area contributed by atoms with Crippen molar-refractivity contribution in [2.75, 3.05) is 31.5 Å². The Balaban J connectivity index is 1.79. The summed E-state index contributed by atoms with van der Waals surface area (Å²) >= 11 is 12.5. The first-order chi connectivity index (χ1) is 22.1. The van der Waals surface area contributed by atoms with Crippen LogP contribution in [0.5, 0.6) is 0 Å². The molecule has 3 rings (SSSR count). The van der Waals surface area contributed by atoms with Crippen molar-refractivity contribution in [3.63, 3.8) is 0 Å². The quantitative estimate of drug-likeness (QED) is 0.253. The summed E-state index contributed by atoms with van der Waals surface area (Å²) in [6.45, 7) is 20.1. The van der Waals surface area contributed by atoms with Gasteiger partial charge in [-0.2, -0.15) is 0 Å². The van der Waals surface area contributed by atoms with Crippen molar-refractivity contribution in [1.82, 2.24) is 20.1 Å². The van der Waals surface area contributed by atoms with E-state index in [1.54, 1.807) is 54.8 Å². The van der Waals surface area contributed by atoms with Crippen LogP contribution in [-0.2, 0) is 27.2 Å². The van der Waals surface area contributed by atoms with Crippen molar-refractivity contribution >= 4 is 47.3 Å². The number of anilines is 1. The van der Waals surface area contributed by atoms with Crippen LogP contribution in [0.3, 0.4) is 0 Å². The minimum atomic E-state index is -0.685. The third-order valence-corrected chi connectivity index (χ3v) is 7.62. The summed E-state index contributed by atoms with van der Waals surface area (Å²) in [6, 6.07) is 8.78. The van der Waals surface area contributed by atoms with Crippen LogP contribution in [0.2, 0.25) is 10.0 Å². The molecule has 2 heterocycles. The molecule has 266 valence electrons. The lowest BCUT2D eigenvalue weighted by molar-refractivity contribution is 0.0233. The van der Waals surface area contributed by atoms with Crippen LogP contribution < -0.4 is 10.6 Å². The molecule has 2 aromatic rings. The van der Waals surface area contributed by atoms with Crippen LogP contribution >= 0.6 is 23.2 Å². The zero-order valence-corrected chi connectivity index (χ0v) is 31.3. The van der Waals surface area contributed by atoms with Crippen LogP contribution in [0.15, 0.2) is 30.3 Å². The number of nitrogens with one attached hydrogen (secondary N) is 2. The fraction of sp³-hybridized carbons (Fsp3) is 0.600. The van der Waals surface area contributed by atoms with Gasteiger partial charge in [-0.1, -0.05) is 29.3 Å². The van der Waals surface area contributed by atoms with E-state index in [-0.39, 0.29) is 18.5 Å². The Morgan fingerprint density at radius 1 is 0.917 bits per heavy atom. The number of likely N-dealkylation sites (tertiary alicyclic amines) is 1. The van der Waals surface area contributed by atoms with Crippen molar-refractivity contribution in [3.8, 4) is 0 Å². The number of nitrogens with zero attached hydrogens (tertiary/aromatic N) is 3. The van der Waals surface area contributed by atoms with Crippen LogP contribution in [0.1, 0.15) is 79.1 Å². The van der Waals surface area contributed by atoms with Gasteiger partial charge in [0, 0.05) is 48.0 Å². The molecule has 0 spiro atoms. The minimum Gasteiger partial charge on any atom is -0.444 e. The van der Waals surface area contributed by atoms with E-state index in [1.807, 2.05) is 54.5 Å². The lowest BCUT2D eigenvalue weighted by atomic mass is 9.97. The lowest BCUT2D eigenvalue weighted by Gasteiger charge is -2.29. The normalized spacial score (nSPS) is 16.8. The van der Waals surface area contributed by atoms with Gasteiger partial charge < -0.3 is 29.3 Å². The van der Waals surface area contributed by atoms with Crippen LogP contribution in [0.25, 0.3) is 0 Å². The van der Waals surface area contributed by atoms with Crippen molar-refractivity contribution in [2.24, 2.45) is 5.92 Å². The van der Waals surface area contributed by atoms with E-state index >= 15 is 0 Å². The number of pyridine rings is 1. The molecule has 0 bridgehead atoms. The SMILES string of the molecule is Cc1cc(C[C@H]2CN(C(=O)OC(C)(C)C)C[C@H]2NCCN(Cc2ccc(Cl)cc2Cl)C(=O)OC(C)(C)C)nc(NC(=O)OC(C)(C)C)c1. The van der Waals surface area contributed by atoms with Gasteiger partial charge in [-0.15, -0.1) is 0 Å². The average Bonchev–Trinajstić information content (AvgIpc) is 3.28. The number of aromatic nitrogens is 1. The molecular formula is C35H51Cl2N5O6. The van der Waals surface area contributed by atoms with Gasteiger partial charge in [0.2, 0.25) is 0 Å². The van der Waals surface area contributed by atoms with E-state index in [2.05, 4.69) is 10.6 Å². The number of benzene rings is 1. The zero-order valence-electron chi connectivity index (χ0n) is 29.8. The number of rotatable bonds is 9. The van der Waals surface area contributed by atoms with Gasteiger partial charge >= 0.3 is 18.3 Å². The molecule has 11 nitrogen and oxygen atoms in total. The molecule has 2 N–H and O–H groups in total. The molecule has 1 aliphatic heterocycles. The number of halogens is 2. The monoisotopic (exact) mass is 707 g/mol. The van der Waals surface area contributed by atoms with Crippen LogP contribution in [-0.4, -0.2) is 82.1 Å². The summed E-state index contributed by atoms with van der Waals surface area (Å²) in [5, 5.41) is 7.27. The smallest absolute Gasteiger partial charge is 0.413 e. The van der Waals surface area contributed by atoms with Gasteiger partial charge in [-0.25, -0.2) is 19.4 Å². The second kappa shape index (κ2) is 16.0. The first-order valence-electron chi connectivity index (χ1n) is 16.2. The van der Waals surface area contributed by atoms with Gasteiger partial charge in [0.25, 0.3) is 0 Å². The maximum atomic E-state index is 13.3.